The Morgan fingerprint density at radius 3 is 2.46 bits per heavy atom. The van der Waals surface area contributed by atoms with Crippen molar-refractivity contribution in [2.45, 2.75) is 49.9 Å². The van der Waals surface area contributed by atoms with Crippen LogP contribution in [0, 0.1) is 11.6 Å². The molecule has 0 aromatic heterocycles. The summed E-state index contributed by atoms with van der Waals surface area (Å²) in [6.45, 7) is -0.0634. The molecular weight excluding hydrogens is 543 g/mol. The van der Waals surface area contributed by atoms with Gasteiger partial charge in [-0.2, -0.15) is 13.2 Å². The monoisotopic (exact) mass is 566 g/mol. The summed E-state index contributed by atoms with van der Waals surface area (Å²) >= 11 is 5.97. The number of hydrogen-bond donors (Lipinski definition) is 1. The fraction of sp³-hybridized carbons (Fsp3) is 0.458. The van der Waals surface area contributed by atoms with Crippen molar-refractivity contribution in [3.05, 3.63) is 63.7 Å². The molecule has 2 atom stereocenters. The Bertz CT molecular complexity index is 1300. The maximum Gasteiger partial charge on any atom is 0.408 e. The molecule has 4 rings (SSSR count). The van der Waals surface area contributed by atoms with Gasteiger partial charge in [0.05, 0.1) is 11.8 Å². The number of hydrogen-bond acceptors (Lipinski definition) is 5. The summed E-state index contributed by atoms with van der Waals surface area (Å²) in [4.78, 5) is 13.4. The third-order valence-corrected chi connectivity index (χ3v) is 7.16. The van der Waals surface area contributed by atoms with E-state index < -0.39 is 51.5 Å². The van der Waals surface area contributed by atoms with Crippen LogP contribution in [0.15, 0.2) is 30.3 Å². The lowest BCUT2D eigenvalue weighted by molar-refractivity contribution is -0.192. The van der Waals surface area contributed by atoms with Gasteiger partial charge in [-0.15, -0.1) is 0 Å². The standard InChI is InChI=1S/C24H24ClF5N2O4S/c1-37(34,35)31-23(33)18-10-17(13-4-5-13)21(11-20(18)27)36-15-3-2-8-32(12-15)22(24(28,29)30)16-7-6-14(26)9-19(16)25/h6-7,9-11,13,15,22H,2-5,8,12H2,1H3,(H,31,33)/t15?,22-/m0/s1. The Morgan fingerprint density at radius 1 is 1.16 bits per heavy atom. The number of nitrogens with zero attached hydrogens (tertiary/aromatic N) is 1. The zero-order chi connectivity index (χ0) is 27.1. The van der Waals surface area contributed by atoms with Gasteiger partial charge in [-0.3, -0.25) is 9.69 Å². The van der Waals surface area contributed by atoms with Crippen LogP contribution in [0.2, 0.25) is 5.02 Å². The molecule has 1 heterocycles. The topological polar surface area (TPSA) is 75.7 Å². The van der Waals surface area contributed by atoms with E-state index >= 15 is 0 Å². The number of carbonyl (C=O) groups is 1. The highest BCUT2D eigenvalue weighted by Crippen LogP contribution is 2.46. The van der Waals surface area contributed by atoms with Crippen LogP contribution in [0.25, 0.3) is 0 Å². The van der Waals surface area contributed by atoms with Crippen LogP contribution in [0.3, 0.4) is 0 Å². The first-order chi connectivity index (χ1) is 17.2. The van der Waals surface area contributed by atoms with Gasteiger partial charge in [-0.1, -0.05) is 17.7 Å². The first kappa shape index (κ1) is 27.6. The molecule has 202 valence electrons. The Kier molecular flexibility index (Phi) is 7.74. The number of nitrogens with one attached hydrogen (secondary N) is 1. The summed E-state index contributed by atoms with van der Waals surface area (Å²) in [6, 6.07) is 2.89. The van der Waals surface area contributed by atoms with Crippen molar-refractivity contribution in [3.8, 4) is 5.75 Å². The largest absolute Gasteiger partial charge is 0.489 e. The van der Waals surface area contributed by atoms with Crippen molar-refractivity contribution in [1.29, 1.82) is 0 Å². The lowest BCUT2D eigenvalue weighted by Gasteiger charge is -2.39. The Balaban J connectivity index is 1.59. The lowest BCUT2D eigenvalue weighted by atomic mass is 9.99. The van der Waals surface area contributed by atoms with Crippen molar-refractivity contribution < 1.29 is 39.9 Å². The van der Waals surface area contributed by atoms with Crippen molar-refractivity contribution in [2.75, 3.05) is 19.3 Å². The molecule has 1 unspecified atom stereocenters. The minimum Gasteiger partial charge on any atom is -0.489 e. The summed E-state index contributed by atoms with van der Waals surface area (Å²) in [5.41, 5.74) is -0.249. The van der Waals surface area contributed by atoms with E-state index in [1.165, 1.54) is 6.07 Å². The van der Waals surface area contributed by atoms with E-state index in [2.05, 4.69) is 0 Å². The number of benzene rings is 2. The molecule has 2 aliphatic rings. The van der Waals surface area contributed by atoms with Crippen LogP contribution in [-0.2, 0) is 10.0 Å². The van der Waals surface area contributed by atoms with E-state index in [1.807, 2.05) is 0 Å². The Morgan fingerprint density at radius 2 is 1.86 bits per heavy atom. The number of piperidine rings is 1. The summed E-state index contributed by atoms with van der Waals surface area (Å²) in [5.74, 6) is -2.83. The Labute approximate surface area is 215 Å². The first-order valence-electron chi connectivity index (χ1n) is 11.5. The zero-order valence-corrected chi connectivity index (χ0v) is 21.2. The zero-order valence-electron chi connectivity index (χ0n) is 19.6. The van der Waals surface area contributed by atoms with E-state index in [9.17, 15) is 35.2 Å². The first-order valence-corrected chi connectivity index (χ1v) is 13.8. The van der Waals surface area contributed by atoms with Gasteiger partial charge >= 0.3 is 6.18 Å². The predicted octanol–water partition coefficient (Wildman–Crippen LogP) is 5.33. The minimum atomic E-state index is -4.71. The number of halogens is 6. The molecule has 6 nitrogen and oxygen atoms in total. The highest BCUT2D eigenvalue weighted by molar-refractivity contribution is 7.89. The SMILES string of the molecule is CS(=O)(=O)NC(=O)c1cc(C2CC2)c(OC2CCCN([C@@H](c3ccc(F)cc3Cl)C(F)(F)F)C2)cc1F. The summed E-state index contributed by atoms with van der Waals surface area (Å²) in [6.07, 6.45) is -2.43. The number of carbonyl (C=O) groups excluding carboxylic acids is 1. The number of amides is 1. The molecule has 1 amide bonds. The third kappa shape index (κ3) is 6.71. The summed E-state index contributed by atoms with van der Waals surface area (Å²) < 4.78 is 101. The van der Waals surface area contributed by atoms with Crippen LogP contribution in [0.1, 0.15) is 59.1 Å². The van der Waals surface area contributed by atoms with Gasteiger partial charge in [0.15, 0.2) is 0 Å². The molecule has 2 fully saturated rings. The third-order valence-electron chi connectivity index (χ3n) is 6.27. The van der Waals surface area contributed by atoms with E-state index in [4.69, 9.17) is 16.3 Å². The molecule has 37 heavy (non-hydrogen) atoms. The molecule has 1 saturated carbocycles. The van der Waals surface area contributed by atoms with Gasteiger partial charge in [-0.25, -0.2) is 21.9 Å². The van der Waals surface area contributed by atoms with E-state index in [0.717, 1.165) is 48.3 Å². The number of likely N-dealkylation sites (tertiary alicyclic amines) is 1. The summed E-state index contributed by atoms with van der Waals surface area (Å²) in [5, 5.41) is -0.341. The van der Waals surface area contributed by atoms with Crippen LogP contribution < -0.4 is 9.46 Å². The van der Waals surface area contributed by atoms with Crippen LogP contribution in [0.4, 0.5) is 22.0 Å². The average Bonchev–Trinajstić information content (AvgIpc) is 3.59. The highest BCUT2D eigenvalue weighted by atomic mass is 35.5. The molecule has 1 saturated heterocycles. The average molecular weight is 567 g/mol. The van der Waals surface area contributed by atoms with E-state index in [-0.39, 0.29) is 35.3 Å². The van der Waals surface area contributed by atoms with Gasteiger partial charge < -0.3 is 4.74 Å². The van der Waals surface area contributed by atoms with E-state index in [0.29, 0.717) is 18.4 Å². The van der Waals surface area contributed by atoms with Crippen molar-refractivity contribution in [1.82, 2.24) is 9.62 Å². The van der Waals surface area contributed by atoms with Gasteiger partial charge in [0, 0.05) is 17.6 Å². The molecule has 2 aromatic rings. The van der Waals surface area contributed by atoms with E-state index in [1.54, 1.807) is 4.72 Å². The maximum atomic E-state index is 14.8. The Hall–Kier alpha value is -2.44. The molecule has 0 radical (unpaired) electrons. The van der Waals surface area contributed by atoms with Crippen molar-refractivity contribution in [3.63, 3.8) is 0 Å². The molecule has 2 aromatic carbocycles. The quantitative estimate of drug-likeness (QED) is 0.459. The second-order valence-corrected chi connectivity index (χ2v) is 11.5. The van der Waals surface area contributed by atoms with Crippen LogP contribution in [0.5, 0.6) is 5.75 Å². The molecule has 0 bridgehead atoms. The number of sulfonamides is 1. The highest BCUT2D eigenvalue weighted by Gasteiger charge is 2.47. The van der Waals surface area contributed by atoms with Gasteiger partial charge in [0.25, 0.3) is 5.91 Å². The van der Waals surface area contributed by atoms with Gasteiger partial charge in [0.2, 0.25) is 10.0 Å². The van der Waals surface area contributed by atoms with Gasteiger partial charge in [0.1, 0.15) is 29.5 Å². The maximum absolute atomic E-state index is 14.8. The summed E-state index contributed by atoms with van der Waals surface area (Å²) in [7, 11) is -3.92. The molecule has 1 aliphatic heterocycles. The smallest absolute Gasteiger partial charge is 0.408 e. The van der Waals surface area contributed by atoms with Crippen LogP contribution in [-0.4, -0.2) is 50.9 Å². The number of ether oxygens (including phenoxy) is 1. The minimum absolute atomic E-state index is 0.0407. The second kappa shape index (κ2) is 10.4. The van der Waals surface area contributed by atoms with Crippen molar-refractivity contribution in [2.24, 2.45) is 0 Å². The molecule has 13 heteroatoms. The lowest BCUT2D eigenvalue weighted by Crippen LogP contribution is -2.47. The van der Waals surface area contributed by atoms with Crippen molar-refractivity contribution >= 4 is 27.5 Å². The normalized spacial score (nSPS) is 19.9. The molecule has 1 aliphatic carbocycles. The number of alkyl halides is 3. The molecular formula is C24H24ClF5N2O4S. The fourth-order valence-electron chi connectivity index (χ4n) is 4.56. The predicted molar refractivity (Wildman–Crippen MR) is 126 cm³/mol. The fourth-order valence-corrected chi connectivity index (χ4v) is 5.28. The molecule has 1 N–H and O–H groups in total. The van der Waals surface area contributed by atoms with Gasteiger partial charge in [-0.05, 0) is 67.5 Å². The number of rotatable bonds is 7. The van der Waals surface area contributed by atoms with Crippen LogP contribution >= 0.6 is 11.6 Å². The second-order valence-electron chi connectivity index (χ2n) is 9.33. The molecule has 0 spiro atoms.